The van der Waals surface area contributed by atoms with Crippen LogP contribution >= 0.6 is 15.9 Å². The van der Waals surface area contributed by atoms with E-state index in [1.165, 1.54) is 0 Å². The Balaban J connectivity index is 3.20. The maximum atomic E-state index is 9.63. The van der Waals surface area contributed by atoms with Crippen molar-refractivity contribution in [3.05, 3.63) is 0 Å². The molecule has 4 nitrogen and oxygen atoms in total. The molecular formula is C3H4BrNO3. The van der Waals surface area contributed by atoms with Crippen molar-refractivity contribution in [3.8, 4) is 0 Å². The third-order valence-electron chi connectivity index (χ3n) is 0.286. The second-order valence-corrected chi connectivity index (χ2v) is 1.27. The maximum Gasteiger partial charge on any atom is 0.350 e. The molecule has 46 valence electrons. The summed E-state index contributed by atoms with van der Waals surface area (Å²) in [5, 5.41) is 10.9. The molecule has 0 aliphatic carbocycles. The van der Waals surface area contributed by atoms with Gasteiger partial charge in [-0.3, -0.25) is 0 Å². The van der Waals surface area contributed by atoms with Gasteiger partial charge >= 0.3 is 5.97 Å². The Morgan fingerprint density at radius 2 is 2.62 bits per heavy atom. The van der Waals surface area contributed by atoms with E-state index >= 15 is 0 Å². The van der Waals surface area contributed by atoms with Crippen LogP contribution in [0.3, 0.4) is 0 Å². The minimum atomic E-state index is -1.12. The van der Waals surface area contributed by atoms with E-state index in [4.69, 9.17) is 5.11 Å². The number of oxime groups is 1. The third-order valence-corrected chi connectivity index (χ3v) is 0.491. The molecule has 0 heterocycles. The molecule has 1 N–H and O–H groups in total. The molecule has 0 saturated carbocycles. The summed E-state index contributed by atoms with van der Waals surface area (Å²) < 4.78 is 0. The Morgan fingerprint density at radius 3 is 3.00 bits per heavy atom. The van der Waals surface area contributed by atoms with Gasteiger partial charge in [0.1, 0.15) is 0 Å². The third kappa shape index (κ3) is 5.42. The van der Waals surface area contributed by atoms with Crippen LogP contribution in [0.15, 0.2) is 5.16 Å². The van der Waals surface area contributed by atoms with Crippen LogP contribution in [-0.2, 0) is 9.63 Å². The number of carboxylic acids is 1. The number of rotatable bonds is 3. The van der Waals surface area contributed by atoms with Gasteiger partial charge in [0.25, 0.3) is 0 Å². The number of carboxylic acid groups (broad SMARTS) is 1. The van der Waals surface area contributed by atoms with Crippen LogP contribution < -0.4 is 0 Å². The fraction of sp³-hybridized carbons (Fsp3) is 0.333. The fourth-order valence-corrected chi connectivity index (χ4v) is 0.229. The number of aliphatic carboxylic acids is 1. The van der Waals surface area contributed by atoms with Crippen molar-refractivity contribution in [1.82, 2.24) is 0 Å². The highest BCUT2D eigenvalue weighted by atomic mass is 79.9. The van der Waals surface area contributed by atoms with E-state index in [1.807, 2.05) is 0 Å². The summed E-state index contributed by atoms with van der Waals surface area (Å²) in [5.74, 6) is -1.12. The normalized spacial score (nSPS) is 9.62. The van der Waals surface area contributed by atoms with E-state index in [2.05, 4.69) is 25.9 Å². The highest BCUT2D eigenvalue weighted by molar-refractivity contribution is 9.09. The molecule has 0 aliphatic heterocycles. The lowest BCUT2D eigenvalue weighted by Gasteiger charge is -1.84. The molecule has 0 bridgehead atoms. The van der Waals surface area contributed by atoms with E-state index in [9.17, 15) is 4.79 Å². The highest BCUT2D eigenvalue weighted by Gasteiger charge is 1.83. The average molecular weight is 182 g/mol. The molecule has 0 aromatic carbocycles. The number of hydrogen-bond acceptors (Lipinski definition) is 3. The van der Waals surface area contributed by atoms with Gasteiger partial charge in [-0.25, -0.2) is 4.79 Å². The van der Waals surface area contributed by atoms with Crippen LogP contribution in [0.4, 0.5) is 0 Å². The predicted molar refractivity (Wildman–Crippen MR) is 31.0 cm³/mol. The van der Waals surface area contributed by atoms with Gasteiger partial charge in [0.15, 0.2) is 11.7 Å². The zero-order chi connectivity index (χ0) is 6.41. The molecule has 0 aromatic rings. The molecule has 8 heavy (non-hydrogen) atoms. The van der Waals surface area contributed by atoms with Crippen LogP contribution in [-0.4, -0.2) is 22.8 Å². The minimum absolute atomic E-state index is 0.205. The first-order valence-corrected chi connectivity index (χ1v) is 2.83. The van der Waals surface area contributed by atoms with Crippen LogP contribution in [0.25, 0.3) is 0 Å². The van der Waals surface area contributed by atoms with Crippen LogP contribution in [0, 0.1) is 0 Å². The first-order chi connectivity index (χ1) is 3.77. The van der Waals surface area contributed by atoms with Gasteiger partial charge in [0.05, 0.1) is 0 Å². The van der Waals surface area contributed by atoms with E-state index in [-0.39, 0.29) is 5.52 Å². The van der Waals surface area contributed by atoms with Gasteiger partial charge in [0.2, 0.25) is 0 Å². The topological polar surface area (TPSA) is 58.9 Å². The summed E-state index contributed by atoms with van der Waals surface area (Å²) in [4.78, 5) is 13.9. The fourth-order valence-electron chi connectivity index (χ4n) is 0.111. The zero-order valence-electron chi connectivity index (χ0n) is 3.87. The molecule has 0 amide bonds. The van der Waals surface area contributed by atoms with Gasteiger partial charge in [-0.2, -0.15) is 0 Å². The van der Waals surface area contributed by atoms with Crippen molar-refractivity contribution in [2.75, 3.05) is 5.52 Å². The summed E-state index contributed by atoms with van der Waals surface area (Å²) in [6, 6.07) is 0. The first-order valence-electron chi connectivity index (χ1n) is 1.71. The molecule has 5 heteroatoms. The summed E-state index contributed by atoms with van der Waals surface area (Å²) >= 11 is 2.87. The number of alkyl halides is 1. The van der Waals surface area contributed by atoms with E-state index in [0.29, 0.717) is 6.21 Å². The van der Waals surface area contributed by atoms with Crippen LogP contribution in [0.5, 0.6) is 0 Å². The second-order valence-electron chi connectivity index (χ2n) is 0.811. The monoisotopic (exact) mass is 181 g/mol. The number of halogens is 1. The summed E-state index contributed by atoms with van der Waals surface area (Å²) in [5.41, 5.74) is 0.205. The van der Waals surface area contributed by atoms with E-state index in [1.54, 1.807) is 0 Å². The largest absolute Gasteiger partial charge is 0.477 e. The van der Waals surface area contributed by atoms with Gasteiger partial charge in [-0.1, -0.05) is 5.16 Å². The van der Waals surface area contributed by atoms with Gasteiger partial charge < -0.3 is 9.94 Å². The quantitative estimate of drug-likeness (QED) is 0.391. The maximum absolute atomic E-state index is 9.63. The molecule has 0 unspecified atom stereocenters. The SMILES string of the molecule is O=C(O)C=NOCBr. The summed E-state index contributed by atoms with van der Waals surface area (Å²) in [6.07, 6.45) is 0.668. The zero-order valence-corrected chi connectivity index (χ0v) is 5.46. The van der Waals surface area contributed by atoms with Crippen molar-refractivity contribution in [3.63, 3.8) is 0 Å². The molecule has 0 radical (unpaired) electrons. The Labute approximate surface area is 54.3 Å². The molecule has 0 spiro atoms. The van der Waals surface area contributed by atoms with Crippen molar-refractivity contribution < 1.29 is 14.7 Å². The molecular weight excluding hydrogens is 178 g/mol. The average Bonchev–Trinajstić information content (AvgIpc) is 1.66. The highest BCUT2D eigenvalue weighted by Crippen LogP contribution is 1.80. The smallest absolute Gasteiger partial charge is 0.350 e. The van der Waals surface area contributed by atoms with Crippen molar-refractivity contribution in [2.45, 2.75) is 0 Å². The number of hydrogen-bond donors (Lipinski definition) is 1. The van der Waals surface area contributed by atoms with E-state index in [0.717, 1.165) is 0 Å². The first kappa shape index (κ1) is 7.42. The van der Waals surface area contributed by atoms with Crippen LogP contribution in [0.1, 0.15) is 0 Å². The van der Waals surface area contributed by atoms with Crippen molar-refractivity contribution in [2.24, 2.45) is 5.16 Å². The second kappa shape index (κ2) is 4.58. The Hall–Kier alpha value is -0.580. The summed E-state index contributed by atoms with van der Waals surface area (Å²) in [7, 11) is 0. The molecule has 0 aliphatic rings. The standard InChI is InChI=1S/C3H4BrNO3/c4-2-8-5-1-3(6)7/h1H,2H2,(H,6,7). The molecule has 0 fully saturated rings. The molecule has 0 rings (SSSR count). The summed E-state index contributed by atoms with van der Waals surface area (Å²) in [6.45, 7) is 0. The Kier molecular flexibility index (Phi) is 4.24. The lowest BCUT2D eigenvalue weighted by atomic mass is 10.8. The molecule has 0 saturated heterocycles. The predicted octanol–water partition coefficient (Wildman–Crippen LogP) is 0.426. The number of nitrogens with zero attached hydrogens (tertiary/aromatic N) is 1. The van der Waals surface area contributed by atoms with E-state index < -0.39 is 5.97 Å². The lowest BCUT2D eigenvalue weighted by Crippen LogP contribution is -1.95. The van der Waals surface area contributed by atoms with Crippen LogP contribution in [0.2, 0.25) is 0 Å². The molecule has 0 aromatic heterocycles. The molecule has 0 atom stereocenters. The van der Waals surface area contributed by atoms with Crippen molar-refractivity contribution >= 4 is 28.1 Å². The van der Waals surface area contributed by atoms with Gasteiger partial charge in [-0.15, -0.1) is 0 Å². The lowest BCUT2D eigenvalue weighted by molar-refractivity contribution is -0.129. The number of carbonyl (C=O) groups is 1. The van der Waals surface area contributed by atoms with Crippen molar-refractivity contribution in [1.29, 1.82) is 0 Å². The van der Waals surface area contributed by atoms with Gasteiger partial charge in [-0.05, 0) is 15.9 Å². The minimum Gasteiger partial charge on any atom is -0.477 e. The Bertz CT molecular complexity index is 103. The Morgan fingerprint density at radius 1 is 2.00 bits per heavy atom. The van der Waals surface area contributed by atoms with Gasteiger partial charge in [0, 0.05) is 0 Å².